The summed E-state index contributed by atoms with van der Waals surface area (Å²) >= 11 is 1.65. The van der Waals surface area contributed by atoms with E-state index in [2.05, 4.69) is 25.2 Å². The molecular formula is C17H22N2O2S. The zero-order chi connectivity index (χ0) is 16.1. The molecule has 0 saturated carbocycles. The highest BCUT2D eigenvalue weighted by atomic mass is 32.2. The summed E-state index contributed by atoms with van der Waals surface area (Å²) in [6.07, 6.45) is 2.53. The van der Waals surface area contributed by atoms with E-state index in [9.17, 15) is 9.59 Å². The molecule has 1 atom stereocenters. The number of hydrogen-bond donors (Lipinski definition) is 1. The monoisotopic (exact) mass is 318 g/mol. The molecular weight excluding hydrogens is 296 g/mol. The van der Waals surface area contributed by atoms with E-state index in [1.54, 1.807) is 23.7 Å². The lowest BCUT2D eigenvalue weighted by Gasteiger charge is -2.14. The Morgan fingerprint density at radius 1 is 1.41 bits per heavy atom. The molecule has 2 amide bonds. The topological polar surface area (TPSA) is 49.4 Å². The standard InChI is InChI=1S/C17H22N2O2S/c1-12(2)8-9-22-15-7-5-4-6-14(15)17(21)18-13-10-16(20)19(3)11-13/h4-8,13H,9-11H2,1-3H3,(H,18,21)/t13-/m0/s1. The number of likely N-dealkylation sites (N-methyl/N-ethyl adjacent to an activating group) is 1. The van der Waals surface area contributed by atoms with Crippen LogP contribution in [0.15, 0.2) is 40.8 Å². The van der Waals surface area contributed by atoms with Crippen molar-refractivity contribution in [3.05, 3.63) is 41.5 Å². The molecule has 1 aliphatic heterocycles. The molecule has 1 aliphatic rings. The van der Waals surface area contributed by atoms with Gasteiger partial charge in [0, 0.05) is 30.7 Å². The zero-order valence-electron chi connectivity index (χ0n) is 13.3. The van der Waals surface area contributed by atoms with Gasteiger partial charge in [0.05, 0.1) is 11.6 Å². The van der Waals surface area contributed by atoms with Crippen LogP contribution >= 0.6 is 11.8 Å². The van der Waals surface area contributed by atoms with Gasteiger partial charge in [-0.05, 0) is 26.0 Å². The summed E-state index contributed by atoms with van der Waals surface area (Å²) in [6, 6.07) is 7.51. The first kappa shape index (κ1) is 16.6. The molecule has 22 heavy (non-hydrogen) atoms. The van der Waals surface area contributed by atoms with Crippen molar-refractivity contribution >= 4 is 23.6 Å². The highest BCUT2D eigenvalue weighted by Gasteiger charge is 2.28. The molecule has 0 spiro atoms. The van der Waals surface area contributed by atoms with Crippen molar-refractivity contribution in [3.63, 3.8) is 0 Å². The van der Waals surface area contributed by atoms with E-state index in [4.69, 9.17) is 0 Å². The summed E-state index contributed by atoms with van der Waals surface area (Å²) in [5.74, 6) is 0.821. The summed E-state index contributed by atoms with van der Waals surface area (Å²) < 4.78 is 0. The van der Waals surface area contributed by atoms with Crippen LogP contribution in [0.25, 0.3) is 0 Å². The average molecular weight is 318 g/mol. The van der Waals surface area contributed by atoms with Gasteiger partial charge in [0.15, 0.2) is 0 Å². The fourth-order valence-electron chi connectivity index (χ4n) is 2.30. The van der Waals surface area contributed by atoms with Crippen LogP contribution in [0, 0.1) is 0 Å². The molecule has 4 nitrogen and oxygen atoms in total. The summed E-state index contributed by atoms with van der Waals surface area (Å²) in [4.78, 5) is 26.6. The van der Waals surface area contributed by atoms with Gasteiger partial charge in [-0.2, -0.15) is 0 Å². The van der Waals surface area contributed by atoms with Gasteiger partial charge in [0.1, 0.15) is 0 Å². The van der Waals surface area contributed by atoms with Crippen LogP contribution in [0.2, 0.25) is 0 Å². The molecule has 2 rings (SSSR count). The summed E-state index contributed by atoms with van der Waals surface area (Å²) in [7, 11) is 1.76. The number of carbonyl (C=O) groups is 2. The van der Waals surface area contributed by atoms with Gasteiger partial charge in [0.2, 0.25) is 5.91 Å². The average Bonchev–Trinajstić information content (AvgIpc) is 2.77. The van der Waals surface area contributed by atoms with Gasteiger partial charge < -0.3 is 10.2 Å². The Bertz CT molecular complexity index is 594. The Kier molecular flexibility index (Phi) is 5.66. The number of carbonyl (C=O) groups excluding carboxylic acids is 2. The fourth-order valence-corrected chi connectivity index (χ4v) is 3.39. The van der Waals surface area contributed by atoms with Gasteiger partial charge in [-0.25, -0.2) is 0 Å². The van der Waals surface area contributed by atoms with Gasteiger partial charge in [-0.1, -0.05) is 23.8 Å². The number of hydrogen-bond acceptors (Lipinski definition) is 3. The highest BCUT2D eigenvalue weighted by molar-refractivity contribution is 7.99. The zero-order valence-corrected chi connectivity index (χ0v) is 14.1. The third kappa shape index (κ3) is 4.37. The van der Waals surface area contributed by atoms with Crippen LogP contribution < -0.4 is 5.32 Å². The number of thioether (sulfide) groups is 1. The SMILES string of the molecule is CC(C)=CCSc1ccccc1C(=O)N[C@H]1CC(=O)N(C)C1. The first-order valence-corrected chi connectivity index (χ1v) is 8.36. The number of allylic oxidation sites excluding steroid dienone is 1. The van der Waals surface area contributed by atoms with Crippen molar-refractivity contribution in [2.45, 2.75) is 31.2 Å². The van der Waals surface area contributed by atoms with E-state index in [1.807, 2.05) is 24.3 Å². The Labute approximate surface area is 136 Å². The Morgan fingerprint density at radius 3 is 2.77 bits per heavy atom. The lowest BCUT2D eigenvalue weighted by Crippen LogP contribution is -2.36. The number of rotatable bonds is 5. The quantitative estimate of drug-likeness (QED) is 0.671. The maximum Gasteiger partial charge on any atom is 0.252 e. The van der Waals surface area contributed by atoms with E-state index in [0.717, 1.165) is 10.6 Å². The molecule has 0 aliphatic carbocycles. The molecule has 0 unspecified atom stereocenters. The van der Waals surface area contributed by atoms with Gasteiger partial charge >= 0.3 is 0 Å². The summed E-state index contributed by atoms with van der Waals surface area (Å²) in [5, 5.41) is 2.97. The van der Waals surface area contributed by atoms with Gasteiger partial charge in [0.25, 0.3) is 5.91 Å². The predicted molar refractivity (Wildman–Crippen MR) is 90.1 cm³/mol. The van der Waals surface area contributed by atoms with Crippen molar-refractivity contribution in [2.75, 3.05) is 19.3 Å². The molecule has 1 fully saturated rings. The number of likely N-dealkylation sites (tertiary alicyclic amines) is 1. The maximum absolute atomic E-state index is 12.5. The van der Waals surface area contributed by atoms with Crippen molar-refractivity contribution < 1.29 is 9.59 Å². The molecule has 118 valence electrons. The highest BCUT2D eigenvalue weighted by Crippen LogP contribution is 2.23. The fraction of sp³-hybridized carbons (Fsp3) is 0.412. The van der Waals surface area contributed by atoms with Crippen molar-refractivity contribution in [1.82, 2.24) is 10.2 Å². The van der Waals surface area contributed by atoms with Crippen molar-refractivity contribution in [3.8, 4) is 0 Å². The second-order valence-corrected chi connectivity index (χ2v) is 6.80. The molecule has 5 heteroatoms. The first-order chi connectivity index (χ1) is 10.5. The van der Waals surface area contributed by atoms with E-state index in [1.165, 1.54) is 5.57 Å². The number of nitrogens with zero attached hydrogens (tertiary/aromatic N) is 1. The molecule has 0 bridgehead atoms. The molecule has 1 aromatic rings. The molecule has 1 aromatic carbocycles. The van der Waals surface area contributed by atoms with Crippen LogP contribution in [-0.2, 0) is 4.79 Å². The largest absolute Gasteiger partial charge is 0.347 e. The lowest BCUT2D eigenvalue weighted by molar-refractivity contribution is -0.126. The summed E-state index contributed by atoms with van der Waals surface area (Å²) in [5.41, 5.74) is 1.94. The minimum atomic E-state index is -0.103. The van der Waals surface area contributed by atoms with E-state index < -0.39 is 0 Å². The van der Waals surface area contributed by atoms with Crippen LogP contribution in [0.5, 0.6) is 0 Å². The van der Waals surface area contributed by atoms with Crippen LogP contribution in [0.3, 0.4) is 0 Å². The van der Waals surface area contributed by atoms with Crippen molar-refractivity contribution in [1.29, 1.82) is 0 Å². The van der Waals surface area contributed by atoms with Crippen LogP contribution in [0.1, 0.15) is 30.6 Å². The second kappa shape index (κ2) is 7.49. The maximum atomic E-state index is 12.5. The minimum absolute atomic E-state index is 0.0801. The minimum Gasteiger partial charge on any atom is -0.347 e. The number of nitrogens with one attached hydrogen (secondary N) is 1. The van der Waals surface area contributed by atoms with Crippen LogP contribution in [-0.4, -0.2) is 42.1 Å². The first-order valence-electron chi connectivity index (χ1n) is 7.37. The van der Waals surface area contributed by atoms with E-state index >= 15 is 0 Å². The molecule has 1 N–H and O–H groups in total. The van der Waals surface area contributed by atoms with E-state index in [-0.39, 0.29) is 17.9 Å². The van der Waals surface area contributed by atoms with Crippen LogP contribution in [0.4, 0.5) is 0 Å². The third-order valence-electron chi connectivity index (χ3n) is 3.54. The second-order valence-electron chi connectivity index (χ2n) is 5.74. The van der Waals surface area contributed by atoms with Crippen molar-refractivity contribution in [2.24, 2.45) is 0 Å². The third-order valence-corrected chi connectivity index (χ3v) is 4.54. The van der Waals surface area contributed by atoms with Gasteiger partial charge in [-0.3, -0.25) is 9.59 Å². The number of benzene rings is 1. The molecule has 0 radical (unpaired) electrons. The Balaban J connectivity index is 2.03. The normalized spacial score (nSPS) is 17.5. The Hall–Kier alpha value is -1.75. The molecule has 1 heterocycles. The predicted octanol–water partition coefficient (Wildman–Crippen LogP) is 2.71. The summed E-state index contributed by atoms with van der Waals surface area (Å²) in [6.45, 7) is 4.71. The van der Waals surface area contributed by atoms with Gasteiger partial charge in [-0.15, -0.1) is 11.8 Å². The number of amides is 2. The molecule has 1 saturated heterocycles. The molecule has 0 aromatic heterocycles. The van der Waals surface area contributed by atoms with E-state index in [0.29, 0.717) is 18.5 Å². The lowest BCUT2D eigenvalue weighted by atomic mass is 10.2. The Morgan fingerprint density at radius 2 is 2.14 bits per heavy atom. The smallest absolute Gasteiger partial charge is 0.252 e.